The molecule has 0 aromatic heterocycles. The minimum Gasteiger partial charge on any atom is -0.497 e. The lowest BCUT2D eigenvalue weighted by Crippen LogP contribution is -2.68. The highest BCUT2D eigenvalue weighted by atomic mass is 79.9. The molecule has 2 aromatic rings. The summed E-state index contributed by atoms with van der Waals surface area (Å²) in [5.41, 5.74) is 2.02. The Labute approximate surface area is 192 Å². The molecule has 0 saturated carbocycles. The summed E-state index contributed by atoms with van der Waals surface area (Å²) in [5.74, 6) is 1.10. The SMILES string of the molecule is CC[C@@H]1[C@H](c2ccc(Br)cc2)[C@@H]2CN(C(=O)Nc3ccc(OC)cc3)CCC(O)CN12. The summed E-state index contributed by atoms with van der Waals surface area (Å²) < 4.78 is 6.25. The van der Waals surface area contributed by atoms with Crippen molar-refractivity contribution >= 4 is 27.6 Å². The van der Waals surface area contributed by atoms with Gasteiger partial charge in [0, 0.05) is 47.8 Å². The fraction of sp³-hybridized carbons (Fsp3) is 0.458. The van der Waals surface area contributed by atoms with Crippen LogP contribution in [0, 0.1) is 0 Å². The zero-order valence-electron chi connectivity index (χ0n) is 18.0. The van der Waals surface area contributed by atoms with Crippen molar-refractivity contribution in [2.75, 3.05) is 32.1 Å². The number of hydrogen-bond acceptors (Lipinski definition) is 4. The molecule has 0 spiro atoms. The molecule has 166 valence electrons. The van der Waals surface area contributed by atoms with E-state index in [-0.39, 0.29) is 12.1 Å². The molecular weight excluding hydrogens is 458 g/mol. The molecule has 0 radical (unpaired) electrons. The molecule has 7 heteroatoms. The number of carbonyl (C=O) groups excluding carboxylic acids is 1. The standard InChI is InChI=1S/C24H30BrN3O3/c1-3-21-23(16-4-6-17(25)7-5-16)22-15-27(13-12-19(29)14-28(21)22)24(30)26-18-8-10-20(31-2)11-9-18/h4-11,19,21-23,29H,3,12-15H2,1-2H3,(H,26,30)/t19?,21-,22+,23+/m1/s1. The number of anilines is 1. The topological polar surface area (TPSA) is 65.0 Å². The van der Waals surface area contributed by atoms with Crippen molar-refractivity contribution in [3.05, 3.63) is 58.6 Å². The van der Waals surface area contributed by atoms with Crippen LogP contribution in [0.15, 0.2) is 53.0 Å². The third-order valence-corrected chi connectivity index (χ3v) is 7.07. The molecule has 4 rings (SSSR count). The number of nitrogens with zero attached hydrogens (tertiary/aromatic N) is 2. The predicted octanol–water partition coefficient (Wildman–Crippen LogP) is 4.30. The number of hydrogen-bond donors (Lipinski definition) is 2. The maximum Gasteiger partial charge on any atom is 0.321 e. The van der Waals surface area contributed by atoms with Gasteiger partial charge in [-0.2, -0.15) is 0 Å². The number of methoxy groups -OCH3 is 1. The van der Waals surface area contributed by atoms with Crippen molar-refractivity contribution in [1.29, 1.82) is 0 Å². The number of urea groups is 1. The Morgan fingerprint density at radius 3 is 2.52 bits per heavy atom. The number of aliphatic hydroxyl groups excluding tert-OH is 1. The van der Waals surface area contributed by atoms with Crippen molar-refractivity contribution in [3.63, 3.8) is 0 Å². The molecular formula is C24H30BrN3O3. The van der Waals surface area contributed by atoms with Gasteiger partial charge < -0.3 is 20.1 Å². The van der Waals surface area contributed by atoms with Crippen LogP contribution in [0.5, 0.6) is 5.75 Å². The Hall–Kier alpha value is -2.09. The van der Waals surface area contributed by atoms with Crippen molar-refractivity contribution in [2.24, 2.45) is 0 Å². The molecule has 2 aromatic carbocycles. The summed E-state index contributed by atoms with van der Waals surface area (Å²) in [7, 11) is 1.62. The third-order valence-electron chi connectivity index (χ3n) is 6.54. The summed E-state index contributed by atoms with van der Waals surface area (Å²) in [6, 6.07) is 16.3. The number of benzene rings is 2. The second-order valence-electron chi connectivity index (χ2n) is 8.36. The van der Waals surface area contributed by atoms with Crippen molar-refractivity contribution < 1.29 is 14.6 Å². The quantitative estimate of drug-likeness (QED) is 0.674. The number of ether oxygens (including phenoxy) is 1. The summed E-state index contributed by atoms with van der Waals surface area (Å²) in [4.78, 5) is 17.3. The lowest BCUT2D eigenvalue weighted by atomic mass is 9.73. The first-order valence-electron chi connectivity index (χ1n) is 10.9. The van der Waals surface area contributed by atoms with E-state index in [0.717, 1.165) is 22.3 Å². The second kappa shape index (κ2) is 9.59. The number of aliphatic hydroxyl groups is 1. The van der Waals surface area contributed by atoms with Crippen LogP contribution in [0.25, 0.3) is 0 Å². The van der Waals surface area contributed by atoms with Gasteiger partial charge in [0.1, 0.15) is 5.75 Å². The molecule has 6 nitrogen and oxygen atoms in total. The van der Waals surface area contributed by atoms with E-state index in [1.807, 2.05) is 29.2 Å². The van der Waals surface area contributed by atoms with Crippen LogP contribution in [0.3, 0.4) is 0 Å². The molecule has 2 saturated heterocycles. The van der Waals surface area contributed by atoms with E-state index in [9.17, 15) is 9.90 Å². The Bertz CT molecular complexity index is 890. The molecule has 0 bridgehead atoms. The molecule has 2 heterocycles. The average Bonchev–Trinajstić information content (AvgIpc) is 2.76. The van der Waals surface area contributed by atoms with Gasteiger partial charge in [-0.25, -0.2) is 4.79 Å². The Morgan fingerprint density at radius 2 is 1.87 bits per heavy atom. The minimum absolute atomic E-state index is 0.131. The number of nitrogens with one attached hydrogen (secondary N) is 1. The molecule has 2 aliphatic rings. The fourth-order valence-corrected chi connectivity index (χ4v) is 5.20. The number of carbonyl (C=O) groups is 1. The van der Waals surface area contributed by atoms with Crippen molar-refractivity contribution in [1.82, 2.24) is 9.80 Å². The normalized spacial score (nSPS) is 26.3. The van der Waals surface area contributed by atoms with Crippen molar-refractivity contribution in [3.8, 4) is 5.75 Å². The highest BCUT2D eigenvalue weighted by Crippen LogP contribution is 2.43. The van der Waals surface area contributed by atoms with Crippen LogP contribution in [0.2, 0.25) is 0 Å². The van der Waals surface area contributed by atoms with Crippen LogP contribution in [0.1, 0.15) is 31.2 Å². The van der Waals surface area contributed by atoms with E-state index in [2.05, 4.69) is 57.3 Å². The van der Waals surface area contributed by atoms with Crippen LogP contribution in [-0.2, 0) is 0 Å². The van der Waals surface area contributed by atoms with Crippen LogP contribution in [0.4, 0.5) is 10.5 Å². The second-order valence-corrected chi connectivity index (χ2v) is 9.28. The van der Waals surface area contributed by atoms with Gasteiger partial charge in [0.25, 0.3) is 0 Å². The average molecular weight is 488 g/mol. The maximum atomic E-state index is 13.1. The van der Waals surface area contributed by atoms with Crippen LogP contribution < -0.4 is 10.1 Å². The van der Waals surface area contributed by atoms with E-state index in [4.69, 9.17) is 4.74 Å². The minimum atomic E-state index is -0.431. The van der Waals surface area contributed by atoms with Gasteiger partial charge in [-0.05, 0) is 54.8 Å². The first-order valence-corrected chi connectivity index (χ1v) is 11.7. The first kappa shape index (κ1) is 22.1. The van der Waals surface area contributed by atoms with Gasteiger partial charge in [0.15, 0.2) is 0 Å². The Morgan fingerprint density at radius 1 is 1.16 bits per heavy atom. The maximum absolute atomic E-state index is 13.1. The highest BCUT2D eigenvalue weighted by molar-refractivity contribution is 9.10. The smallest absolute Gasteiger partial charge is 0.321 e. The monoisotopic (exact) mass is 487 g/mol. The summed E-state index contributed by atoms with van der Waals surface area (Å²) >= 11 is 3.52. The summed E-state index contributed by atoms with van der Waals surface area (Å²) in [6.07, 6.45) is 1.17. The van der Waals surface area contributed by atoms with E-state index in [1.165, 1.54) is 5.56 Å². The van der Waals surface area contributed by atoms with Crippen LogP contribution >= 0.6 is 15.9 Å². The van der Waals surface area contributed by atoms with Crippen LogP contribution in [-0.4, -0.2) is 65.9 Å². The molecule has 2 N–H and O–H groups in total. The van der Waals surface area contributed by atoms with Gasteiger partial charge in [0.05, 0.1) is 13.2 Å². The van der Waals surface area contributed by atoms with E-state index in [1.54, 1.807) is 7.11 Å². The van der Waals surface area contributed by atoms with Gasteiger partial charge in [-0.15, -0.1) is 0 Å². The third kappa shape index (κ3) is 4.73. The summed E-state index contributed by atoms with van der Waals surface area (Å²) in [5, 5.41) is 13.6. The van der Waals surface area contributed by atoms with Crippen molar-refractivity contribution in [2.45, 2.75) is 43.9 Å². The lowest BCUT2D eigenvalue weighted by Gasteiger charge is -2.58. The molecule has 31 heavy (non-hydrogen) atoms. The van der Waals surface area contributed by atoms with Gasteiger partial charge >= 0.3 is 6.03 Å². The van der Waals surface area contributed by atoms with Gasteiger partial charge in [-0.3, -0.25) is 4.90 Å². The molecule has 1 unspecified atom stereocenters. The molecule has 2 amide bonds. The zero-order chi connectivity index (χ0) is 22.0. The zero-order valence-corrected chi connectivity index (χ0v) is 19.6. The van der Waals surface area contributed by atoms with Gasteiger partial charge in [-0.1, -0.05) is 35.0 Å². The molecule has 4 atom stereocenters. The molecule has 2 aliphatic heterocycles. The lowest BCUT2D eigenvalue weighted by molar-refractivity contribution is -0.0679. The number of amides is 2. The summed E-state index contributed by atoms with van der Waals surface area (Å²) in [6.45, 7) is 4.06. The number of fused-ring (bicyclic) bond motifs is 1. The van der Waals surface area contributed by atoms with E-state index >= 15 is 0 Å². The van der Waals surface area contributed by atoms with E-state index in [0.29, 0.717) is 38.0 Å². The molecule has 2 fully saturated rings. The number of rotatable bonds is 4. The number of halogens is 1. The predicted molar refractivity (Wildman–Crippen MR) is 126 cm³/mol. The highest BCUT2D eigenvalue weighted by Gasteiger charge is 2.49. The largest absolute Gasteiger partial charge is 0.497 e. The Balaban J connectivity index is 1.52. The molecule has 0 aliphatic carbocycles. The Kier molecular flexibility index (Phi) is 6.84. The first-order chi connectivity index (χ1) is 15.0. The van der Waals surface area contributed by atoms with E-state index < -0.39 is 6.10 Å². The van der Waals surface area contributed by atoms with Gasteiger partial charge in [0.2, 0.25) is 0 Å². The fourth-order valence-electron chi connectivity index (χ4n) is 4.94.